The normalized spacial score (nSPS) is 12.4. The number of alkyl halides is 1. The summed E-state index contributed by atoms with van der Waals surface area (Å²) >= 11 is 15.8. The first-order valence-corrected chi connectivity index (χ1v) is 7.38. The minimum absolute atomic E-state index is 0.261. The van der Waals surface area contributed by atoms with E-state index in [1.807, 2.05) is 31.2 Å². The lowest BCUT2D eigenvalue weighted by Gasteiger charge is -2.14. The standard InChI is InChI=1S/C15H13BrCl2/c1-10-13(3-2-4-15(10)18)14(16)9-11-5-7-12(17)8-6-11/h2-8,14H,9H2,1H3. The molecule has 0 nitrogen and oxygen atoms in total. The fraction of sp³-hybridized carbons (Fsp3) is 0.200. The summed E-state index contributed by atoms with van der Waals surface area (Å²) in [7, 11) is 0. The summed E-state index contributed by atoms with van der Waals surface area (Å²) in [4.78, 5) is 0.261. The molecular formula is C15H13BrCl2. The van der Waals surface area contributed by atoms with Crippen molar-refractivity contribution in [3.63, 3.8) is 0 Å². The molecule has 94 valence electrons. The second-order valence-corrected chi connectivity index (χ2v) is 6.20. The molecule has 3 heteroatoms. The van der Waals surface area contributed by atoms with Crippen LogP contribution in [0.4, 0.5) is 0 Å². The molecule has 0 aliphatic heterocycles. The summed E-state index contributed by atoms with van der Waals surface area (Å²) in [5.74, 6) is 0. The number of benzene rings is 2. The predicted molar refractivity (Wildman–Crippen MR) is 83.0 cm³/mol. The Morgan fingerprint density at radius 2 is 1.72 bits per heavy atom. The minimum Gasteiger partial charge on any atom is -0.0843 e. The molecule has 0 heterocycles. The van der Waals surface area contributed by atoms with Crippen LogP contribution in [0.3, 0.4) is 0 Å². The Bertz CT molecular complexity index is 535. The SMILES string of the molecule is Cc1c(Cl)cccc1C(Br)Cc1ccc(Cl)cc1. The van der Waals surface area contributed by atoms with E-state index in [1.54, 1.807) is 0 Å². The van der Waals surface area contributed by atoms with Gasteiger partial charge in [0, 0.05) is 14.9 Å². The second-order valence-electron chi connectivity index (χ2n) is 4.25. The quantitative estimate of drug-likeness (QED) is 0.601. The summed E-state index contributed by atoms with van der Waals surface area (Å²) in [5, 5.41) is 1.58. The molecule has 0 aromatic heterocycles. The highest BCUT2D eigenvalue weighted by atomic mass is 79.9. The van der Waals surface area contributed by atoms with Gasteiger partial charge in [-0.25, -0.2) is 0 Å². The minimum atomic E-state index is 0.261. The molecular weight excluding hydrogens is 331 g/mol. The third-order valence-corrected chi connectivity index (χ3v) is 4.45. The monoisotopic (exact) mass is 342 g/mol. The van der Waals surface area contributed by atoms with E-state index >= 15 is 0 Å². The van der Waals surface area contributed by atoms with E-state index in [2.05, 4.69) is 34.1 Å². The van der Waals surface area contributed by atoms with Gasteiger partial charge in [0.05, 0.1) is 0 Å². The molecule has 0 saturated heterocycles. The molecule has 18 heavy (non-hydrogen) atoms. The Morgan fingerprint density at radius 1 is 1.06 bits per heavy atom. The van der Waals surface area contributed by atoms with Gasteiger partial charge < -0.3 is 0 Å². The zero-order chi connectivity index (χ0) is 13.1. The van der Waals surface area contributed by atoms with Crippen LogP contribution in [0, 0.1) is 6.92 Å². The van der Waals surface area contributed by atoms with Crippen LogP contribution in [0.1, 0.15) is 21.5 Å². The Labute approximate surface area is 126 Å². The van der Waals surface area contributed by atoms with Crippen LogP contribution in [0.15, 0.2) is 42.5 Å². The number of halogens is 3. The highest BCUT2D eigenvalue weighted by Crippen LogP contribution is 2.32. The van der Waals surface area contributed by atoms with Crippen molar-refractivity contribution < 1.29 is 0 Å². The number of hydrogen-bond acceptors (Lipinski definition) is 0. The average molecular weight is 344 g/mol. The highest BCUT2D eigenvalue weighted by molar-refractivity contribution is 9.09. The van der Waals surface area contributed by atoms with Gasteiger partial charge in [-0.05, 0) is 48.2 Å². The van der Waals surface area contributed by atoms with E-state index in [1.165, 1.54) is 11.1 Å². The molecule has 1 unspecified atom stereocenters. The van der Waals surface area contributed by atoms with Crippen LogP contribution in [0.5, 0.6) is 0 Å². The van der Waals surface area contributed by atoms with E-state index in [4.69, 9.17) is 23.2 Å². The van der Waals surface area contributed by atoms with Gasteiger partial charge in [0.2, 0.25) is 0 Å². The van der Waals surface area contributed by atoms with Crippen molar-refractivity contribution in [1.82, 2.24) is 0 Å². The van der Waals surface area contributed by atoms with Gasteiger partial charge in [-0.2, -0.15) is 0 Å². The molecule has 1 atom stereocenters. The predicted octanol–water partition coefficient (Wildman–Crippen LogP) is 5.98. The Morgan fingerprint density at radius 3 is 2.39 bits per heavy atom. The van der Waals surface area contributed by atoms with Gasteiger partial charge >= 0.3 is 0 Å². The maximum absolute atomic E-state index is 6.14. The van der Waals surface area contributed by atoms with E-state index in [9.17, 15) is 0 Å². The van der Waals surface area contributed by atoms with Crippen molar-refractivity contribution >= 4 is 39.1 Å². The van der Waals surface area contributed by atoms with Gasteiger partial charge in [-0.3, -0.25) is 0 Å². The summed E-state index contributed by atoms with van der Waals surface area (Å²) in [6.45, 7) is 2.05. The van der Waals surface area contributed by atoms with Crippen molar-refractivity contribution in [1.29, 1.82) is 0 Å². The van der Waals surface area contributed by atoms with Gasteiger partial charge in [-0.15, -0.1) is 0 Å². The van der Waals surface area contributed by atoms with E-state index in [0.29, 0.717) is 0 Å². The smallest absolute Gasteiger partial charge is 0.0438 e. The third-order valence-electron chi connectivity index (χ3n) is 2.98. The fourth-order valence-electron chi connectivity index (χ4n) is 1.90. The molecule has 0 saturated carbocycles. The molecule has 0 bridgehead atoms. The van der Waals surface area contributed by atoms with Gasteiger partial charge in [0.25, 0.3) is 0 Å². The Hall–Kier alpha value is -0.500. The molecule has 0 aliphatic rings. The lowest BCUT2D eigenvalue weighted by atomic mass is 10.0. The first kappa shape index (κ1) is 13.9. The molecule has 0 fully saturated rings. The summed E-state index contributed by atoms with van der Waals surface area (Å²) in [5.41, 5.74) is 3.62. The lowest BCUT2D eigenvalue weighted by molar-refractivity contribution is 0.938. The zero-order valence-corrected chi connectivity index (χ0v) is 13.1. The molecule has 0 N–H and O–H groups in total. The first-order chi connectivity index (χ1) is 8.58. The zero-order valence-electron chi connectivity index (χ0n) is 9.96. The van der Waals surface area contributed by atoms with Crippen molar-refractivity contribution in [3.05, 3.63) is 69.2 Å². The molecule has 2 aromatic rings. The Balaban J connectivity index is 2.19. The van der Waals surface area contributed by atoms with Crippen LogP contribution < -0.4 is 0 Å². The van der Waals surface area contributed by atoms with Crippen LogP contribution in [-0.4, -0.2) is 0 Å². The van der Waals surface area contributed by atoms with E-state index in [-0.39, 0.29) is 4.83 Å². The molecule has 0 radical (unpaired) electrons. The van der Waals surface area contributed by atoms with Crippen LogP contribution in [0.2, 0.25) is 10.0 Å². The molecule has 0 spiro atoms. The summed E-state index contributed by atoms with van der Waals surface area (Å²) in [6.07, 6.45) is 0.915. The third kappa shape index (κ3) is 3.28. The molecule has 0 amide bonds. The number of rotatable bonds is 3. The number of hydrogen-bond donors (Lipinski definition) is 0. The van der Waals surface area contributed by atoms with Crippen molar-refractivity contribution in [2.75, 3.05) is 0 Å². The summed E-state index contributed by atoms with van der Waals surface area (Å²) < 4.78 is 0. The molecule has 2 aromatic carbocycles. The largest absolute Gasteiger partial charge is 0.0843 e. The Kier molecular flexibility index (Phi) is 4.71. The van der Waals surface area contributed by atoms with E-state index < -0.39 is 0 Å². The van der Waals surface area contributed by atoms with Gasteiger partial charge in [0.1, 0.15) is 0 Å². The maximum atomic E-state index is 6.14. The van der Waals surface area contributed by atoms with Crippen LogP contribution >= 0.6 is 39.1 Å². The first-order valence-electron chi connectivity index (χ1n) is 5.71. The highest BCUT2D eigenvalue weighted by Gasteiger charge is 2.12. The maximum Gasteiger partial charge on any atom is 0.0438 e. The van der Waals surface area contributed by atoms with Crippen LogP contribution in [0.25, 0.3) is 0 Å². The van der Waals surface area contributed by atoms with Gasteiger partial charge in [-0.1, -0.05) is 63.4 Å². The van der Waals surface area contributed by atoms with Crippen LogP contribution in [-0.2, 0) is 6.42 Å². The van der Waals surface area contributed by atoms with E-state index in [0.717, 1.165) is 22.0 Å². The fourth-order valence-corrected chi connectivity index (χ4v) is 3.08. The van der Waals surface area contributed by atoms with Crippen molar-refractivity contribution in [2.45, 2.75) is 18.2 Å². The topological polar surface area (TPSA) is 0 Å². The second kappa shape index (κ2) is 6.10. The van der Waals surface area contributed by atoms with Gasteiger partial charge in [0.15, 0.2) is 0 Å². The van der Waals surface area contributed by atoms with Crippen molar-refractivity contribution in [2.24, 2.45) is 0 Å². The lowest BCUT2D eigenvalue weighted by Crippen LogP contribution is -1.98. The molecule has 0 aliphatic carbocycles. The average Bonchev–Trinajstić information content (AvgIpc) is 2.35. The van der Waals surface area contributed by atoms with Crippen molar-refractivity contribution in [3.8, 4) is 0 Å². The summed E-state index contributed by atoms with van der Waals surface area (Å²) in [6, 6.07) is 14.0. The molecule has 2 rings (SSSR count).